The van der Waals surface area contributed by atoms with Crippen molar-refractivity contribution in [1.29, 1.82) is 0 Å². The summed E-state index contributed by atoms with van der Waals surface area (Å²) in [7, 11) is 0. The molecule has 1 aliphatic heterocycles. The van der Waals surface area contributed by atoms with Gasteiger partial charge in [0.1, 0.15) is 0 Å². The molecular formula is C14H17NO4. The molecular weight excluding hydrogens is 246 g/mol. The molecule has 5 nitrogen and oxygen atoms in total. The minimum Gasteiger partial charge on any atom is -0.348 e. The number of rotatable bonds is 3. The molecule has 0 radical (unpaired) electrons. The van der Waals surface area contributed by atoms with Crippen molar-refractivity contribution in [2.45, 2.75) is 20.1 Å². The second-order valence-corrected chi connectivity index (χ2v) is 5.36. The zero-order valence-corrected chi connectivity index (χ0v) is 11.0. The Bertz CT molecular complexity index is 469. The highest BCUT2D eigenvalue weighted by atomic mass is 16.7. The van der Waals surface area contributed by atoms with Gasteiger partial charge in [0.05, 0.1) is 18.1 Å². The van der Waals surface area contributed by atoms with E-state index >= 15 is 0 Å². The molecule has 102 valence electrons. The molecule has 1 heterocycles. The Hall–Kier alpha value is -1.72. The van der Waals surface area contributed by atoms with Gasteiger partial charge in [0.25, 0.3) is 5.69 Å². The molecule has 0 unspecified atom stereocenters. The van der Waals surface area contributed by atoms with Crippen molar-refractivity contribution >= 4 is 11.8 Å². The molecule has 0 spiro atoms. The fraction of sp³-hybridized carbons (Fsp3) is 0.429. The smallest absolute Gasteiger partial charge is 0.269 e. The van der Waals surface area contributed by atoms with Gasteiger partial charge in [-0.1, -0.05) is 19.9 Å². The molecule has 0 N–H and O–H groups in total. The van der Waals surface area contributed by atoms with Gasteiger partial charge in [-0.25, -0.2) is 0 Å². The van der Waals surface area contributed by atoms with E-state index in [0.29, 0.717) is 13.2 Å². The minimum absolute atomic E-state index is 0.0533. The number of nitro groups is 1. The number of nitrogens with zero attached hydrogens (tertiary/aromatic N) is 1. The number of ether oxygens (including phenoxy) is 2. The topological polar surface area (TPSA) is 61.6 Å². The third-order valence-corrected chi connectivity index (χ3v) is 2.83. The van der Waals surface area contributed by atoms with Crippen LogP contribution in [0.1, 0.15) is 19.4 Å². The summed E-state index contributed by atoms with van der Waals surface area (Å²) in [5, 5.41) is 10.5. The van der Waals surface area contributed by atoms with E-state index in [4.69, 9.17) is 9.47 Å². The molecule has 0 aliphatic carbocycles. The standard InChI is InChI=1S/C14H17NO4/c1-14(2)9-18-13(19-10-14)8-5-11-3-6-12(7-4-11)15(16)17/h3-8,13H,9-10H2,1-2H3/b8-5+. The van der Waals surface area contributed by atoms with Crippen LogP contribution in [0.2, 0.25) is 0 Å². The van der Waals surface area contributed by atoms with Crippen molar-refractivity contribution in [3.05, 3.63) is 46.0 Å². The lowest BCUT2D eigenvalue weighted by molar-refractivity contribution is -0.384. The van der Waals surface area contributed by atoms with Crippen LogP contribution in [0.15, 0.2) is 30.3 Å². The van der Waals surface area contributed by atoms with E-state index in [1.807, 2.05) is 12.2 Å². The normalized spacial score (nSPS) is 19.7. The van der Waals surface area contributed by atoms with E-state index in [0.717, 1.165) is 5.56 Å². The lowest BCUT2D eigenvalue weighted by Gasteiger charge is -2.33. The molecule has 1 aliphatic rings. The average molecular weight is 263 g/mol. The summed E-state index contributed by atoms with van der Waals surface area (Å²) < 4.78 is 11.1. The van der Waals surface area contributed by atoms with Crippen molar-refractivity contribution < 1.29 is 14.4 Å². The highest BCUT2D eigenvalue weighted by Gasteiger charge is 2.26. The molecule has 1 aromatic rings. The van der Waals surface area contributed by atoms with Crippen molar-refractivity contribution in [3.63, 3.8) is 0 Å². The van der Waals surface area contributed by atoms with Crippen LogP contribution in [-0.4, -0.2) is 24.4 Å². The van der Waals surface area contributed by atoms with Gasteiger partial charge in [0.2, 0.25) is 0 Å². The zero-order chi connectivity index (χ0) is 13.9. The first-order valence-corrected chi connectivity index (χ1v) is 6.12. The molecule has 0 atom stereocenters. The van der Waals surface area contributed by atoms with Gasteiger partial charge in [0.15, 0.2) is 6.29 Å². The summed E-state index contributed by atoms with van der Waals surface area (Å²) in [6, 6.07) is 6.35. The van der Waals surface area contributed by atoms with Crippen molar-refractivity contribution in [2.24, 2.45) is 5.41 Å². The van der Waals surface area contributed by atoms with Gasteiger partial charge in [-0.3, -0.25) is 10.1 Å². The van der Waals surface area contributed by atoms with Gasteiger partial charge in [-0.15, -0.1) is 0 Å². The average Bonchev–Trinajstić information content (AvgIpc) is 2.38. The van der Waals surface area contributed by atoms with Crippen molar-refractivity contribution in [2.75, 3.05) is 13.2 Å². The second-order valence-electron chi connectivity index (χ2n) is 5.36. The Kier molecular flexibility index (Phi) is 3.97. The van der Waals surface area contributed by atoms with E-state index in [-0.39, 0.29) is 17.4 Å². The lowest BCUT2D eigenvalue weighted by atomic mass is 9.96. The molecule has 1 saturated heterocycles. The highest BCUT2D eigenvalue weighted by Crippen LogP contribution is 2.23. The van der Waals surface area contributed by atoms with Crippen LogP contribution < -0.4 is 0 Å². The van der Waals surface area contributed by atoms with E-state index in [9.17, 15) is 10.1 Å². The largest absolute Gasteiger partial charge is 0.348 e. The van der Waals surface area contributed by atoms with Crippen LogP contribution in [0, 0.1) is 15.5 Å². The monoisotopic (exact) mass is 263 g/mol. The fourth-order valence-corrected chi connectivity index (χ4v) is 1.71. The molecule has 0 aromatic heterocycles. The summed E-state index contributed by atoms with van der Waals surface area (Å²) >= 11 is 0. The molecule has 1 fully saturated rings. The number of non-ortho nitro benzene ring substituents is 1. The van der Waals surface area contributed by atoms with Crippen molar-refractivity contribution in [3.8, 4) is 0 Å². The molecule has 19 heavy (non-hydrogen) atoms. The number of benzene rings is 1. The zero-order valence-electron chi connectivity index (χ0n) is 11.0. The van der Waals surface area contributed by atoms with Gasteiger partial charge in [-0.2, -0.15) is 0 Å². The Labute approximate surface area is 112 Å². The number of nitro benzene ring substituents is 1. The van der Waals surface area contributed by atoms with E-state index in [1.165, 1.54) is 12.1 Å². The van der Waals surface area contributed by atoms with E-state index in [1.54, 1.807) is 12.1 Å². The Balaban J connectivity index is 1.94. The molecule has 0 amide bonds. The summed E-state index contributed by atoms with van der Waals surface area (Å²) in [4.78, 5) is 10.1. The van der Waals surface area contributed by atoms with Crippen LogP contribution in [0.3, 0.4) is 0 Å². The summed E-state index contributed by atoms with van der Waals surface area (Å²) in [5.74, 6) is 0. The molecule has 0 saturated carbocycles. The van der Waals surface area contributed by atoms with Crippen LogP contribution in [0.25, 0.3) is 6.08 Å². The molecule has 2 rings (SSSR count). The summed E-state index contributed by atoms with van der Waals surface area (Å²) in [6.07, 6.45) is 3.31. The van der Waals surface area contributed by atoms with Crippen LogP contribution in [0.4, 0.5) is 5.69 Å². The maximum Gasteiger partial charge on any atom is 0.269 e. The molecule has 5 heteroatoms. The Morgan fingerprint density at radius 1 is 1.26 bits per heavy atom. The number of hydrogen-bond donors (Lipinski definition) is 0. The number of hydrogen-bond acceptors (Lipinski definition) is 4. The Morgan fingerprint density at radius 2 is 1.84 bits per heavy atom. The quantitative estimate of drug-likeness (QED) is 0.621. The van der Waals surface area contributed by atoms with Gasteiger partial charge < -0.3 is 9.47 Å². The SMILES string of the molecule is CC1(C)COC(/C=C/c2ccc([N+](=O)[O-])cc2)OC1. The summed E-state index contributed by atoms with van der Waals surface area (Å²) in [6.45, 7) is 5.48. The first-order chi connectivity index (χ1) is 8.96. The Morgan fingerprint density at radius 3 is 2.37 bits per heavy atom. The van der Waals surface area contributed by atoms with E-state index < -0.39 is 4.92 Å². The maximum atomic E-state index is 10.5. The predicted octanol–water partition coefficient (Wildman–Crippen LogP) is 3.01. The van der Waals surface area contributed by atoms with Gasteiger partial charge in [0, 0.05) is 17.5 Å². The fourth-order valence-electron chi connectivity index (χ4n) is 1.71. The van der Waals surface area contributed by atoms with Crippen molar-refractivity contribution in [1.82, 2.24) is 0 Å². The first-order valence-electron chi connectivity index (χ1n) is 6.12. The summed E-state index contributed by atoms with van der Waals surface area (Å²) in [5.41, 5.74) is 1.02. The predicted molar refractivity (Wildman–Crippen MR) is 71.6 cm³/mol. The van der Waals surface area contributed by atoms with Gasteiger partial charge in [-0.05, 0) is 23.8 Å². The highest BCUT2D eigenvalue weighted by molar-refractivity contribution is 5.52. The van der Waals surface area contributed by atoms with Gasteiger partial charge >= 0.3 is 0 Å². The second kappa shape index (κ2) is 5.50. The first kappa shape index (κ1) is 13.7. The lowest BCUT2D eigenvalue weighted by Crippen LogP contribution is -2.36. The third kappa shape index (κ3) is 3.87. The van der Waals surface area contributed by atoms with E-state index in [2.05, 4.69) is 13.8 Å². The van der Waals surface area contributed by atoms with Crippen LogP contribution >= 0.6 is 0 Å². The third-order valence-electron chi connectivity index (χ3n) is 2.83. The van der Waals surface area contributed by atoms with Crippen LogP contribution in [-0.2, 0) is 9.47 Å². The van der Waals surface area contributed by atoms with Crippen LogP contribution in [0.5, 0.6) is 0 Å². The minimum atomic E-state index is -0.414. The molecule has 0 bridgehead atoms. The maximum absolute atomic E-state index is 10.5. The molecule has 1 aromatic carbocycles.